The summed E-state index contributed by atoms with van der Waals surface area (Å²) < 4.78 is 4.53. The van der Waals surface area contributed by atoms with Gasteiger partial charge in [0.05, 0.1) is 6.61 Å². The SMILES string of the molecule is CCCCOC(=O)NC(O)C(=O)O. The molecule has 0 aliphatic carbocycles. The number of aliphatic hydroxyl groups excluding tert-OH is 1. The quantitative estimate of drug-likeness (QED) is 0.417. The molecule has 3 N–H and O–H groups in total. The zero-order valence-electron chi connectivity index (χ0n) is 7.32. The summed E-state index contributed by atoms with van der Waals surface area (Å²) in [5, 5.41) is 18.6. The Balaban J connectivity index is 3.56. The van der Waals surface area contributed by atoms with E-state index in [1.807, 2.05) is 6.92 Å². The second-order valence-electron chi connectivity index (χ2n) is 2.37. The van der Waals surface area contributed by atoms with E-state index in [0.29, 0.717) is 6.42 Å². The van der Waals surface area contributed by atoms with Gasteiger partial charge in [0.25, 0.3) is 0 Å². The number of nitrogens with one attached hydrogen (secondary N) is 1. The Labute approximate surface area is 75.5 Å². The summed E-state index contributed by atoms with van der Waals surface area (Å²) in [6.45, 7) is 2.14. The van der Waals surface area contributed by atoms with Crippen LogP contribution in [0.25, 0.3) is 0 Å². The Bertz CT molecular complexity index is 182. The van der Waals surface area contributed by atoms with Crippen LogP contribution in [-0.2, 0) is 9.53 Å². The van der Waals surface area contributed by atoms with Gasteiger partial charge >= 0.3 is 12.1 Å². The lowest BCUT2D eigenvalue weighted by molar-refractivity contribution is -0.148. The number of carbonyl (C=O) groups excluding carboxylic acids is 1. The van der Waals surface area contributed by atoms with Gasteiger partial charge in [-0.05, 0) is 6.42 Å². The Morgan fingerprint density at radius 2 is 2.15 bits per heavy atom. The standard InChI is InChI=1S/C7H13NO5/c1-2-3-4-13-7(12)8-5(9)6(10)11/h5,9H,2-4H2,1H3,(H,8,12)(H,10,11). The van der Waals surface area contributed by atoms with Crippen molar-refractivity contribution in [2.75, 3.05) is 6.61 Å². The van der Waals surface area contributed by atoms with Crippen LogP contribution < -0.4 is 5.32 Å². The molecule has 0 aliphatic heterocycles. The van der Waals surface area contributed by atoms with Crippen LogP contribution in [0.15, 0.2) is 0 Å². The Hall–Kier alpha value is -1.30. The minimum atomic E-state index is -1.91. The lowest BCUT2D eigenvalue weighted by Gasteiger charge is -2.08. The zero-order chi connectivity index (χ0) is 10.3. The summed E-state index contributed by atoms with van der Waals surface area (Å²) in [6, 6.07) is 0. The molecule has 0 aliphatic rings. The molecular weight excluding hydrogens is 178 g/mol. The molecular formula is C7H13NO5. The van der Waals surface area contributed by atoms with Crippen LogP contribution >= 0.6 is 0 Å². The first-order valence-electron chi connectivity index (χ1n) is 3.92. The van der Waals surface area contributed by atoms with E-state index in [9.17, 15) is 9.59 Å². The Morgan fingerprint density at radius 3 is 2.62 bits per heavy atom. The molecule has 6 heteroatoms. The number of carboxylic acids is 1. The monoisotopic (exact) mass is 191 g/mol. The van der Waals surface area contributed by atoms with Gasteiger partial charge in [0, 0.05) is 0 Å². The van der Waals surface area contributed by atoms with Gasteiger partial charge < -0.3 is 14.9 Å². The van der Waals surface area contributed by atoms with E-state index in [0.717, 1.165) is 6.42 Å². The number of unbranched alkanes of at least 4 members (excludes halogenated alkanes) is 1. The van der Waals surface area contributed by atoms with Gasteiger partial charge in [0.1, 0.15) is 0 Å². The maximum absolute atomic E-state index is 10.7. The van der Waals surface area contributed by atoms with Crippen molar-refractivity contribution < 1.29 is 24.5 Å². The van der Waals surface area contributed by atoms with E-state index in [2.05, 4.69) is 4.74 Å². The summed E-state index contributed by atoms with van der Waals surface area (Å²) in [6.07, 6.45) is -1.26. The number of alkyl carbamates (subject to hydrolysis) is 1. The fourth-order valence-corrected chi connectivity index (χ4v) is 0.524. The molecule has 0 aromatic heterocycles. The number of carbonyl (C=O) groups is 2. The van der Waals surface area contributed by atoms with Crippen molar-refractivity contribution in [3.05, 3.63) is 0 Å². The molecule has 1 atom stereocenters. The van der Waals surface area contributed by atoms with Gasteiger partial charge in [0.15, 0.2) is 0 Å². The highest BCUT2D eigenvalue weighted by atomic mass is 16.6. The number of amides is 1. The van der Waals surface area contributed by atoms with Crippen LogP contribution in [0.1, 0.15) is 19.8 Å². The molecule has 13 heavy (non-hydrogen) atoms. The van der Waals surface area contributed by atoms with Gasteiger partial charge in [-0.15, -0.1) is 0 Å². The number of rotatable bonds is 5. The van der Waals surface area contributed by atoms with E-state index >= 15 is 0 Å². The average molecular weight is 191 g/mol. The summed E-state index contributed by atoms with van der Waals surface area (Å²) in [7, 11) is 0. The number of ether oxygens (including phenoxy) is 1. The Kier molecular flexibility index (Phi) is 5.62. The van der Waals surface area contributed by atoms with Gasteiger partial charge in [-0.3, -0.25) is 5.32 Å². The molecule has 0 saturated heterocycles. The summed E-state index contributed by atoms with van der Waals surface area (Å²) >= 11 is 0. The molecule has 0 bridgehead atoms. The maximum Gasteiger partial charge on any atom is 0.409 e. The van der Waals surface area contributed by atoms with E-state index < -0.39 is 18.3 Å². The smallest absolute Gasteiger partial charge is 0.409 e. The fourth-order valence-electron chi connectivity index (χ4n) is 0.524. The molecule has 0 fully saturated rings. The molecule has 6 nitrogen and oxygen atoms in total. The molecule has 0 saturated carbocycles. The van der Waals surface area contributed by atoms with Gasteiger partial charge in [0.2, 0.25) is 6.23 Å². The highest BCUT2D eigenvalue weighted by molar-refractivity contribution is 5.78. The average Bonchev–Trinajstić information content (AvgIpc) is 2.04. The molecule has 0 heterocycles. The van der Waals surface area contributed by atoms with Crippen LogP contribution in [-0.4, -0.2) is 35.1 Å². The predicted octanol–water partition coefficient (Wildman–Crippen LogP) is -0.0843. The van der Waals surface area contributed by atoms with Crippen LogP contribution in [0.3, 0.4) is 0 Å². The van der Waals surface area contributed by atoms with Crippen LogP contribution in [0, 0.1) is 0 Å². The third kappa shape index (κ3) is 5.92. The summed E-state index contributed by atoms with van der Waals surface area (Å²) in [4.78, 5) is 20.7. The first-order chi connectivity index (χ1) is 6.07. The van der Waals surface area contributed by atoms with Crippen molar-refractivity contribution in [3.8, 4) is 0 Å². The van der Waals surface area contributed by atoms with Crippen molar-refractivity contribution in [1.29, 1.82) is 0 Å². The minimum Gasteiger partial charge on any atom is -0.478 e. The van der Waals surface area contributed by atoms with Crippen LogP contribution in [0.2, 0.25) is 0 Å². The Morgan fingerprint density at radius 1 is 1.54 bits per heavy atom. The third-order valence-electron chi connectivity index (χ3n) is 1.22. The third-order valence-corrected chi connectivity index (χ3v) is 1.22. The van der Waals surface area contributed by atoms with Gasteiger partial charge in [-0.2, -0.15) is 0 Å². The molecule has 76 valence electrons. The molecule has 0 radical (unpaired) electrons. The van der Waals surface area contributed by atoms with Crippen LogP contribution in [0.4, 0.5) is 4.79 Å². The predicted molar refractivity (Wildman–Crippen MR) is 43.0 cm³/mol. The fraction of sp³-hybridized carbons (Fsp3) is 0.714. The second-order valence-corrected chi connectivity index (χ2v) is 2.37. The van der Waals surface area contributed by atoms with Crippen molar-refractivity contribution in [3.63, 3.8) is 0 Å². The minimum absolute atomic E-state index is 0.217. The summed E-state index contributed by atoms with van der Waals surface area (Å²) in [5.74, 6) is -1.52. The summed E-state index contributed by atoms with van der Waals surface area (Å²) in [5.41, 5.74) is 0. The molecule has 0 aromatic rings. The number of hydrogen-bond donors (Lipinski definition) is 3. The van der Waals surface area contributed by atoms with Crippen molar-refractivity contribution in [2.24, 2.45) is 0 Å². The van der Waals surface area contributed by atoms with E-state index in [1.54, 1.807) is 5.32 Å². The van der Waals surface area contributed by atoms with Gasteiger partial charge in [-0.25, -0.2) is 9.59 Å². The number of aliphatic carboxylic acids is 1. The topological polar surface area (TPSA) is 95.9 Å². The maximum atomic E-state index is 10.7. The lowest BCUT2D eigenvalue weighted by Crippen LogP contribution is -2.40. The molecule has 1 unspecified atom stereocenters. The zero-order valence-corrected chi connectivity index (χ0v) is 7.32. The first-order valence-corrected chi connectivity index (χ1v) is 3.92. The molecule has 0 rings (SSSR count). The highest BCUT2D eigenvalue weighted by Gasteiger charge is 2.16. The van der Waals surface area contributed by atoms with Gasteiger partial charge in [-0.1, -0.05) is 13.3 Å². The number of carboxylic acid groups (broad SMARTS) is 1. The number of hydrogen-bond acceptors (Lipinski definition) is 4. The highest BCUT2D eigenvalue weighted by Crippen LogP contribution is 1.89. The van der Waals surface area contributed by atoms with E-state index in [-0.39, 0.29) is 6.61 Å². The lowest BCUT2D eigenvalue weighted by atomic mass is 10.4. The largest absolute Gasteiger partial charge is 0.478 e. The normalized spacial score (nSPS) is 11.8. The van der Waals surface area contributed by atoms with Crippen LogP contribution in [0.5, 0.6) is 0 Å². The molecule has 0 spiro atoms. The first kappa shape index (κ1) is 11.7. The molecule has 1 amide bonds. The van der Waals surface area contributed by atoms with Crippen molar-refractivity contribution >= 4 is 12.1 Å². The van der Waals surface area contributed by atoms with Crippen molar-refractivity contribution in [1.82, 2.24) is 5.32 Å². The van der Waals surface area contributed by atoms with E-state index in [4.69, 9.17) is 10.2 Å². The van der Waals surface area contributed by atoms with E-state index in [1.165, 1.54) is 0 Å². The second kappa shape index (κ2) is 6.24. The van der Waals surface area contributed by atoms with Crippen molar-refractivity contribution in [2.45, 2.75) is 26.0 Å². The number of aliphatic hydroxyl groups is 1. The molecule has 0 aromatic carbocycles.